The van der Waals surface area contributed by atoms with Crippen LogP contribution in [-0.2, 0) is 29.1 Å². The van der Waals surface area contributed by atoms with Crippen molar-refractivity contribution in [1.82, 2.24) is 19.9 Å². The third kappa shape index (κ3) is 5.94. The van der Waals surface area contributed by atoms with Gasteiger partial charge in [-0.25, -0.2) is 9.48 Å². The number of aromatic carboxylic acids is 1. The number of nitrogens with zero attached hydrogens (tertiary/aromatic N) is 4. The molecule has 2 heterocycles. The lowest BCUT2D eigenvalue weighted by atomic mass is 10.1. The quantitative estimate of drug-likeness (QED) is 0.480. The maximum atomic E-state index is 12.6. The van der Waals surface area contributed by atoms with E-state index in [-0.39, 0.29) is 24.8 Å². The van der Waals surface area contributed by atoms with Crippen LogP contribution in [0.25, 0.3) is 0 Å². The molecular formula is C22H26N4O6. The molecule has 2 aromatic heterocycles. The van der Waals surface area contributed by atoms with Gasteiger partial charge < -0.3 is 23.9 Å². The van der Waals surface area contributed by atoms with E-state index >= 15 is 0 Å². The maximum absolute atomic E-state index is 12.6. The van der Waals surface area contributed by atoms with Crippen molar-refractivity contribution in [1.29, 1.82) is 0 Å². The largest absolute Gasteiger partial charge is 0.496 e. The van der Waals surface area contributed by atoms with Crippen LogP contribution < -0.4 is 4.74 Å². The van der Waals surface area contributed by atoms with Crippen molar-refractivity contribution in [2.24, 2.45) is 0 Å². The van der Waals surface area contributed by atoms with Crippen molar-refractivity contribution in [3.8, 4) is 5.75 Å². The number of carbonyl (C=O) groups is 2. The number of furan rings is 1. The second kappa shape index (κ2) is 10.6. The molecule has 0 saturated heterocycles. The molecular weight excluding hydrogens is 416 g/mol. The minimum Gasteiger partial charge on any atom is -0.496 e. The van der Waals surface area contributed by atoms with E-state index < -0.39 is 12.1 Å². The third-order valence-electron chi connectivity index (χ3n) is 4.89. The molecule has 0 spiro atoms. The van der Waals surface area contributed by atoms with Gasteiger partial charge in [-0.3, -0.25) is 4.79 Å². The molecule has 0 bridgehead atoms. The number of methoxy groups -OCH3 is 1. The number of ether oxygens (including phenoxy) is 2. The lowest BCUT2D eigenvalue weighted by molar-refractivity contribution is -0.142. The molecule has 3 aromatic rings. The fourth-order valence-electron chi connectivity index (χ4n) is 3.12. The number of carboxylic acid groups (broad SMARTS) is 1. The summed E-state index contributed by atoms with van der Waals surface area (Å²) in [7, 11) is 3.37. The van der Waals surface area contributed by atoms with E-state index in [1.807, 2.05) is 24.3 Å². The summed E-state index contributed by atoms with van der Waals surface area (Å²) in [5.41, 5.74) is 1.58. The van der Waals surface area contributed by atoms with Gasteiger partial charge in [-0.15, -0.1) is 5.10 Å². The van der Waals surface area contributed by atoms with Crippen molar-refractivity contribution < 1.29 is 28.6 Å². The highest BCUT2D eigenvalue weighted by Crippen LogP contribution is 2.18. The SMILES string of the molecule is COc1ccccc1CCN(C)C(=O)C(C)OCc1cn(Cc2ccc(C(=O)O)o2)nn1. The number of likely N-dealkylation sites (N-methyl/N-ethyl adjacent to an activating group) is 1. The number of hydrogen-bond acceptors (Lipinski definition) is 7. The van der Waals surface area contributed by atoms with E-state index in [9.17, 15) is 9.59 Å². The smallest absolute Gasteiger partial charge is 0.371 e. The first-order valence-electron chi connectivity index (χ1n) is 10.1. The minimum atomic E-state index is -1.13. The Balaban J connectivity index is 1.46. The van der Waals surface area contributed by atoms with Gasteiger partial charge in [0.05, 0.1) is 19.9 Å². The minimum absolute atomic E-state index is 0.117. The summed E-state index contributed by atoms with van der Waals surface area (Å²) in [5.74, 6) is -0.153. The maximum Gasteiger partial charge on any atom is 0.371 e. The Morgan fingerprint density at radius 2 is 2.03 bits per heavy atom. The summed E-state index contributed by atoms with van der Waals surface area (Å²) >= 11 is 0. The van der Waals surface area contributed by atoms with Crippen LogP contribution >= 0.6 is 0 Å². The second-order valence-corrected chi connectivity index (χ2v) is 7.25. The third-order valence-corrected chi connectivity index (χ3v) is 4.89. The molecule has 0 aliphatic heterocycles. The van der Waals surface area contributed by atoms with Gasteiger partial charge in [0.25, 0.3) is 5.91 Å². The average Bonchev–Trinajstić information content (AvgIpc) is 3.45. The van der Waals surface area contributed by atoms with Gasteiger partial charge in [0.1, 0.15) is 29.9 Å². The number of amides is 1. The highest BCUT2D eigenvalue weighted by molar-refractivity contribution is 5.84. The highest BCUT2D eigenvalue weighted by atomic mass is 16.5. The molecule has 10 nitrogen and oxygen atoms in total. The van der Waals surface area contributed by atoms with Gasteiger partial charge in [0.15, 0.2) is 0 Å². The topological polar surface area (TPSA) is 120 Å². The Bertz CT molecular complexity index is 1060. The molecule has 0 radical (unpaired) electrons. The predicted octanol–water partition coefficient (Wildman–Crippen LogP) is 2.23. The first-order chi connectivity index (χ1) is 15.4. The van der Waals surface area contributed by atoms with Crippen molar-refractivity contribution in [3.05, 3.63) is 65.4 Å². The normalized spacial score (nSPS) is 11.8. The molecule has 3 rings (SSSR count). The van der Waals surface area contributed by atoms with Gasteiger partial charge in [0, 0.05) is 13.6 Å². The molecule has 1 aromatic carbocycles. The molecule has 0 aliphatic rings. The molecule has 1 atom stereocenters. The lowest BCUT2D eigenvalue weighted by Gasteiger charge is -2.21. The zero-order valence-electron chi connectivity index (χ0n) is 18.2. The summed E-state index contributed by atoms with van der Waals surface area (Å²) in [6.45, 7) is 2.58. The summed E-state index contributed by atoms with van der Waals surface area (Å²) in [4.78, 5) is 25.1. The van der Waals surface area contributed by atoms with Crippen LogP contribution in [0.2, 0.25) is 0 Å². The molecule has 170 valence electrons. The van der Waals surface area contributed by atoms with Gasteiger partial charge >= 0.3 is 5.97 Å². The number of hydrogen-bond donors (Lipinski definition) is 1. The molecule has 0 fully saturated rings. The Hall–Kier alpha value is -3.66. The average molecular weight is 442 g/mol. The summed E-state index contributed by atoms with van der Waals surface area (Å²) in [6, 6.07) is 10.7. The number of carboxylic acids is 1. The van der Waals surface area contributed by atoms with E-state index in [0.717, 1.165) is 11.3 Å². The van der Waals surface area contributed by atoms with Crippen molar-refractivity contribution in [2.45, 2.75) is 32.6 Å². The lowest BCUT2D eigenvalue weighted by Crippen LogP contribution is -2.37. The molecule has 1 unspecified atom stereocenters. The van der Waals surface area contributed by atoms with E-state index in [1.54, 1.807) is 38.2 Å². The summed E-state index contributed by atoms with van der Waals surface area (Å²) < 4.78 is 17.7. The monoisotopic (exact) mass is 442 g/mol. The molecule has 1 amide bonds. The summed E-state index contributed by atoms with van der Waals surface area (Å²) in [6.07, 6.45) is 1.68. The number of carbonyl (C=O) groups excluding carboxylic acids is 1. The van der Waals surface area contributed by atoms with Gasteiger partial charge in [0.2, 0.25) is 5.76 Å². The molecule has 0 saturated carbocycles. The number of benzene rings is 1. The van der Waals surface area contributed by atoms with Crippen molar-refractivity contribution in [3.63, 3.8) is 0 Å². The fourth-order valence-corrected chi connectivity index (χ4v) is 3.12. The predicted molar refractivity (Wildman–Crippen MR) is 113 cm³/mol. The van der Waals surface area contributed by atoms with E-state index in [1.165, 1.54) is 10.7 Å². The first-order valence-corrected chi connectivity index (χ1v) is 10.1. The van der Waals surface area contributed by atoms with Crippen molar-refractivity contribution in [2.75, 3.05) is 20.7 Å². The Morgan fingerprint density at radius 3 is 2.75 bits per heavy atom. The standard InChI is InChI=1S/C22H26N4O6/c1-15(21(27)25(2)11-10-16-6-4-5-7-19(16)30-3)31-14-17-12-26(24-23-17)13-18-8-9-20(32-18)22(28)29/h4-9,12,15H,10-11,13-14H2,1-3H3,(H,28,29). The van der Waals surface area contributed by atoms with Crippen LogP contribution in [0.1, 0.15) is 34.5 Å². The zero-order valence-corrected chi connectivity index (χ0v) is 18.2. The Labute approximate surface area is 185 Å². The molecule has 0 aliphatic carbocycles. The number of rotatable bonds is 11. The van der Waals surface area contributed by atoms with Crippen LogP contribution in [0.5, 0.6) is 5.75 Å². The first kappa shape index (κ1) is 23.0. The van der Waals surface area contributed by atoms with E-state index in [2.05, 4.69) is 10.3 Å². The van der Waals surface area contributed by atoms with E-state index in [0.29, 0.717) is 24.4 Å². The number of aromatic nitrogens is 3. The van der Waals surface area contributed by atoms with Gasteiger partial charge in [-0.2, -0.15) is 0 Å². The zero-order chi connectivity index (χ0) is 23.1. The molecule has 10 heteroatoms. The van der Waals surface area contributed by atoms with E-state index in [4.69, 9.17) is 19.0 Å². The van der Waals surface area contributed by atoms with Crippen molar-refractivity contribution >= 4 is 11.9 Å². The van der Waals surface area contributed by atoms with Crippen LogP contribution in [0.15, 0.2) is 47.0 Å². The van der Waals surface area contributed by atoms with Crippen LogP contribution in [0, 0.1) is 0 Å². The highest BCUT2D eigenvalue weighted by Gasteiger charge is 2.19. The Morgan fingerprint density at radius 1 is 1.25 bits per heavy atom. The van der Waals surface area contributed by atoms with Crippen LogP contribution in [0.3, 0.4) is 0 Å². The van der Waals surface area contributed by atoms with Crippen LogP contribution in [-0.4, -0.2) is 63.7 Å². The second-order valence-electron chi connectivity index (χ2n) is 7.25. The van der Waals surface area contributed by atoms with Crippen LogP contribution in [0.4, 0.5) is 0 Å². The Kier molecular flexibility index (Phi) is 7.61. The van der Waals surface area contributed by atoms with Gasteiger partial charge in [-0.1, -0.05) is 23.4 Å². The number of para-hydroxylation sites is 1. The molecule has 32 heavy (non-hydrogen) atoms. The summed E-state index contributed by atoms with van der Waals surface area (Å²) in [5, 5.41) is 16.9. The molecule has 1 N–H and O–H groups in total. The fraction of sp³-hybridized carbons (Fsp3) is 0.364. The van der Waals surface area contributed by atoms with Gasteiger partial charge in [-0.05, 0) is 37.1 Å².